The van der Waals surface area contributed by atoms with Crippen molar-refractivity contribution in [2.24, 2.45) is 0 Å². The molecule has 0 saturated carbocycles. The largest absolute Gasteiger partial charge is 0.416 e. The van der Waals surface area contributed by atoms with Gasteiger partial charge in [0.05, 0.1) is 9.40 Å². The van der Waals surface area contributed by atoms with Crippen LogP contribution < -0.4 is 5.32 Å². The number of anilines is 1. The smallest absolute Gasteiger partial charge is 0.382 e. The second-order valence-corrected chi connectivity index (χ2v) is 4.33. The lowest BCUT2D eigenvalue weighted by molar-refractivity contribution is -0.384. The number of aliphatic hydroxyl groups excluding tert-OH is 1. The minimum absolute atomic E-state index is 0.193. The highest BCUT2D eigenvalue weighted by molar-refractivity contribution is 9.10. The van der Waals surface area contributed by atoms with Crippen molar-refractivity contribution >= 4 is 27.3 Å². The van der Waals surface area contributed by atoms with Crippen LogP contribution in [0.5, 0.6) is 0 Å². The first-order chi connectivity index (χ1) is 8.62. The first kappa shape index (κ1) is 15.6. The number of hydrogen-bond acceptors (Lipinski definition) is 4. The number of hydrogen-bond donors (Lipinski definition) is 2. The van der Waals surface area contributed by atoms with Crippen LogP contribution in [0.4, 0.5) is 28.9 Å². The van der Waals surface area contributed by atoms with Crippen LogP contribution in [-0.4, -0.2) is 28.9 Å². The first-order valence-corrected chi connectivity index (χ1v) is 5.54. The standard InChI is InChI=1S/C9H7BrF4N2O3/c10-4-1-7(16(18)19)6(2-5(4)11)15-3-8(17)9(12,13)14/h1-2,8,15,17H,3H2. The van der Waals surface area contributed by atoms with Crippen LogP contribution in [0.3, 0.4) is 0 Å². The Morgan fingerprint density at radius 1 is 1.47 bits per heavy atom. The molecule has 1 atom stereocenters. The Bertz CT molecular complexity index is 495. The van der Waals surface area contributed by atoms with Crippen molar-refractivity contribution in [2.45, 2.75) is 12.3 Å². The fourth-order valence-electron chi connectivity index (χ4n) is 1.15. The van der Waals surface area contributed by atoms with Gasteiger partial charge in [-0.25, -0.2) is 4.39 Å². The highest BCUT2D eigenvalue weighted by Gasteiger charge is 2.38. The zero-order chi connectivity index (χ0) is 14.8. The molecule has 1 rings (SSSR count). The summed E-state index contributed by atoms with van der Waals surface area (Å²) >= 11 is 2.72. The minimum Gasteiger partial charge on any atom is -0.382 e. The second-order valence-electron chi connectivity index (χ2n) is 3.48. The molecule has 0 bridgehead atoms. The van der Waals surface area contributed by atoms with Crippen molar-refractivity contribution < 1.29 is 27.6 Å². The van der Waals surface area contributed by atoms with Crippen LogP contribution in [0.1, 0.15) is 0 Å². The van der Waals surface area contributed by atoms with E-state index < -0.39 is 40.9 Å². The Morgan fingerprint density at radius 2 is 2.05 bits per heavy atom. The van der Waals surface area contributed by atoms with E-state index in [0.717, 1.165) is 6.07 Å². The lowest BCUT2D eigenvalue weighted by Gasteiger charge is -2.15. The Morgan fingerprint density at radius 3 is 2.53 bits per heavy atom. The molecule has 1 aromatic rings. The third-order valence-electron chi connectivity index (χ3n) is 2.10. The van der Waals surface area contributed by atoms with Gasteiger partial charge in [0, 0.05) is 18.7 Å². The van der Waals surface area contributed by atoms with Crippen molar-refractivity contribution in [1.82, 2.24) is 0 Å². The third kappa shape index (κ3) is 4.03. The molecule has 0 aliphatic carbocycles. The number of aliphatic hydroxyl groups is 1. The minimum atomic E-state index is -4.87. The fourth-order valence-corrected chi connectivity index (χ4v) is 1.48. The average molecular weight is 347 g/mol. The number of nitrogens with one attached hydrogen (secondary N) is 1. The van der Waals surface area contributed by atoms with Crippen LogP contribution in [0, 0.1) is 15.9 Å². The van der Waals surface area contributed by atoms with Gasteiger partial charge in [-0.3, -0.25) is 10.1 Å². The molecule has 0 saturated heterocycles. The van der Waals surface area contributed by atoms with E-state index in [-0.39, 0.29) is 4.47 Å². The molecule has 1 aromatic carbocycles. The quantitative estimate of drug-likeness (QED) is 0.499. The number of nitro benzene ring substituents is 1. The maximum Gasteiger partial charge on any atom is 0.416 e. The van der Waals surface area contributed by atoms with E-state index in [9.17, 15) is 27.7 Å². The average Bonchev–Trinajstić information content (AvgIpc) is 2.28. The van der Waals surface area contributed by atoms with E-state index in [2.05, 4.69) is 15.9 Å². The normalized spacial score (nSPS) is 13.2. The van der Waals surface area contributed by atoms with Crippen LogP contribution >= 0.6 is 15.9 Å². The van der Waals surface area contributed by atoms with Gasteiger partial charge in [-0.1, -0.05) is 0 Å². The number of halogens is 5. The molecule has 0 aliphatic heterocycles. The lowest BCUT2D eigenvalue weighted by atomic mass is 10.2. The van der Waals surface area contributed by atoms with Gasteiger partial charge in [-0.05, 0) is 15.9 Å². The zero-order valence-electron chi connectivity index (χ0n) is 9.04. The topological polar surface area (TPSA) is 75.4 Å². The number of benzene rings is 1. The Kier molecular flexibility index (Phi) is 4.69. The summed E-state index contributed by atoms with van der Waals surface area (Å²) in [5.74, 6) is -0.880. The van der Waals surface area contributed by atoms with E-state index in [4.69, 9.17) is 5.11 Å². The van der Waals surface area contributed by atoms with Gasteiger partial charge in [-0.2, -0.15) is 13.2 Å². The lowest BCUT2D eigenvalue weighted by Crippen LogP contribution is -2.35. The van der Waals surface area contributed by atoms with Crippen LogP contribution in [-0.2, 0) is 0 Å². The van der Waals surface area contributed by atoms with Crippen LogP contribution in [0.2, 0.25) is 0 Å². The molecule has 0 fully saturated rings. The Hall–Kier alpha value is -1.42. The first-order valence-electron chi connectivity index (χ1n) is 4.75. The van der Waals surface area contributed by atoms with Gasteiger partial charge in [0.25, 0.3) is 5.69 Å². The summed E-state index contributed by atoms with van der Waals surface area (Å²) in [4.78, 5) is 9.78. The maximum atomic E-state index is 13.2. The van der Waals surface area contributed by atoms with E-state index in [0.29, 0.717) is 6.07 Å². The van der Waals surface area contributed by atoms with Crippen molar-refractivity contribution in [3.8, 4) is 0 Å². The number of nitrogens with zero attached hydrogens (tertiary/aromatic N) is 1. The molecule has 1 unspecified atom stereocenters. The van der Waals surface area contributed by atoms with Gasteiger partial charge in [-0.15, -0.1) is 0 Å². The van der Waals surface area contributed by atoms with Gasteiger partial charge >= 0.3 is 6.18 Å². The number of nitro groups is 1. The van der Waals surface area contributed by atoms with Crippen molar-refractivity contribution in [3.05, 3.63) is 32.5 Å². The predicted molar refractivity (Wildman–Crippen MR) is 61.3 cm³/mol. The maximum absolute atomic E-state index is 13.2. The molecule has 0 heterocycles. The molecule has 0 aromatic heterocycles. The van der Waals surface area contributed by atoms with Crippen LogP contribution in [0.15, 0.2) is 16.6 Å². The summed E-state index contributed by atoms with van der Waals surface area (Å²) in [6.07, 6.45) is -7.57. The predicted octanol–water partition coefficient (Wildman–Crippen LogP) is 2.83. The second kappa shape index (κ2) is 5.70. The molecule has 10 heteroatoms. The third-order valence-corrected chi connectivity index (χ3v) is 2.71. The summed E-state index contributed by atoms with van der Waals surface area (Å²) in [6, 6.07) is 1.49. The molecule has 106 valence electrons. The van der Waals surface area contributed by atoms with Crippen molar-refractivity contribution in [2.75, 3.05) is 11.9 Å². The Labute approximate surface area is 112 Å². The van der Waals surface area contributed by atoms with Crippen molar-refractivity contribution in [3.63, 3.8) is 0 Å². The van der Waals surface area contributed by atoms with Gasteiger partial charge in [0.15, 0.2) is 6.10 Å². The summed E-state index contributed by atoms with van der Waals surface area (Å²) in [5.41, 5.74) is -1.06. The molecule has 0 aliphatic rings. The summed E-state index contributed by atoms with van der Waals surface area (Å²) < 4.78 is 49.1. The van der Waals surface area contributed by atoms with Crippen LogP contribution in [0.25, 0.3) is 0 Å². The summed E-state index contributed by atoms with van der Waals surface area (Å²) in [6.45, 7) is -1.02. The Balaban J connectivity index is 2.95. The summed E-state index contributed by atoms with van der Waals surface area (Å²) in [5, 5.41) is 21.4. The SMILES string of the molecule is O=[N+]([O-])c1cc(Br)c(F)cc1NCC(O)C(F)(F)F. The molecule has 5 nitrogen and oxygen atoms in total. The number of rotatable bonds is 4. The monoisotopic (exact) mass is 346 g/mol. The van der Waals surface area contributed by atoms with Gasteiger partial charge < -0.3 is 10.4 Å². The van der Waals surface area contributed by atoms with Gasteiger partial charge in [0.1, 0.15) is 11.5 Å². The molecular formula is C9H7BrF4N2O3. The molecule has 19 heavy (non-hydrogen) atoms. The highest BCUT2D eigenvalue weighted by atomic mass is 79.9. The molecule has 0 radical (unpaired) electrons. The highest BCUT2D eigenvalue weighted by Crippen LogP contribution is 2.31. The molecule has 0 amide bonds. The zero-order valence-corrected chi connectivity index (χ0v) is 10.6. The van der Waals surface area contributed by atoms with E-state index in [1.54, 1.807) is 0 Å². The summed E-state index contributed by atoms with van der Waals surface area (Å²) in [7, 11) is 0. The van der Waals surface area contributed by atoms with E-state index in [1.807, 2.05) is 5.32 Å². The van der Waals surface area contributed by atoms with E-state index >= 15 is 0 Å². The van der Waals surface area contributed by atoms with E-state index in [1.165, 1.54) is 0 Å². The molecular weight excluding hydrogens is 340 g/mol. The fraction of sp³-hybridized carbons (Fsp3) is 0.333. The van der Waals surface area contributed by atoms with Gasteiger partial charge in [0.2, 0.25) is 0 Å². The number of alkyl halides is 3. The molecule has 2 N–H and O–H groups in total. The molecule has 0 spiro atoms. The van der Waals surface area contributed by atoms with Crippen molar-refractivity contribution in [1.29, 1.82) is 0 Å².